The fourth-order valence-corrected chi connectivity index (χ4v) is 3.69. The summed E-state index contributed by atoms with van der Waals surface area (Å²) in [6, 6.07) is 5.80. The molecule has 0 radical (unpaired) electrons. The van der Waals surface area contributed by atoms with Gasteiger partial charge in [0.15, 0.2) is 0 Å². The van der Waals surface area contributed by atoms with Gasteiger partial charge < -0.3 is 4.90 Å². The topological polar surface area (TPSA) is 59.0 Å². The van der Waals surface area contributed by atoms with Crippen LogP contribution in [0.2, 0.25) is 0 Å². The number of nitrogens with zero attached hydrogens (tertiary/aromatic N) is 4. The molecule has 1 aliphatic heterocycles. The van der Waals surface area contributed by atoms with E-state index in [1.807, 2.05) is 33.9 Å². The first-order valence-corrected chi connectivity index (χ1v) is 8.82. The van der Waals surface area contributed by atoms with Crippen LogP contribution in [0.3, 0.4) is 0 Å². The first-order chi connectivity index (χ1) is 11.8. The van der Waals surface area contributed by atoms with Crippen molar-refractivity contribution in [3.05, 3.63) is 64.5 Å². The number of carbonyl (C=O) groups is 1. The Balaban J connectivity index is 1.63. The minimum atomic E-state index is 0.0995. The van der Waals surface area contributed by atoms with E-state index in [-0.39, 0.29) is 5.91 Å². The standard InChI is InChI=1S/C18H16N4OS/c23-18(14-5-10-24-11-14)22-8-3-15-16(4-9-22)20-12-21-17(15)13-1-6-19-7-2-13/h1-2,5-7,10-12H,3-4,8-9H2. The third kappa shape index (κ3) is 2.80. The van der Waals surface area contributed by atoms with Gasteiger partial charge >= 0.3 is 0 Å². The zero-order valence-corrected chi connectivity index (χ0v) is 13.9. The number of amides is 1. The lowest BCUT2D eigenvalue weighted by molar-refractivity contribution is 0.0763. The van der Waals surface area contributed by atoms with Gasteiger partial charge in [-0.3, -0.25) is 9.78 Å². The van der Waals surface area contributed by atoms with E-state index in [4.69, 9.17) is 0 Å². The third-order valence-electron chi connectivity index (χ3n) is 4.29. The lowest BCUT2D eigenvalue weighted by Crippen LogP contribution is -2.33. The number of rotatable bonds is 2. The van der Waals surface area contributed by atoms with Crippen molar-refractivity contribution in [3.8, 4) is 11.3 Å². The number of fused-ring (bicyclic) bond motifs is 1. The van der Waals surface area contributed by atoms with Crippen molar-refractivity contribution in [2.75, 3.05) is 13.1 Å². The molecular formula is C18H16N4OS. The predicted molar refractivity (Wildman–Crippen MR) is 92.9 cm³/mol. The van der Waals surface area contributed by atoms with Gasteiger partial charge in [0, 0.05) is 54.1 Å². The average Bonchev–Trinajstić information content (AvgIpc) is 3.08. The highest BCUT2D eigenvalue weighted by molar-refractivity contribution is 7.08. The van der Waals surface area contributed by atoms with Crippen molar-refractivity contribution in [3.63, 3.8) is 0 Å². The Morgan fingerprint density at radius 2 is 1.92 bits per heavy atom. The molecule has 0 saturated heterocycles. The summed E-state index contributed by atoms with van der Waals surface area (Å²) in [7, 11) is 0. The smallest absolute Gasteiger partial charge is 0.254 e. The Bertz CT molecular complexity index is 849. The molecule has 0 N–H and O–H groups in total. The molecule has 1 amide bonds. The van der Waals surface area contributed by atoms with Crippen LogP contribution in [0.25, 0.3) is 11.3 Å². The van der Waals surface area contributed by atoms with E-state index in [2.05, 4.69) is 15.0 Å². The van der Waals surface area contributed by atoms with E-state index < -0.39 is 0 Å². The van der Waals surface area contributed by atoms with Crippen molar-refractivity contribution in [1.82, 2.24) is 19.9 Å². The van der Waals surface area contributed by atoms with Crippen LogP contribution in [0.4, 0.5) is 0 Å². The highest BCUT2D eigenvalue weighted by atomic mass is 32.1. The second kappa shape index (κ2) is 6.49. The van der Waals surface area contributed by atoms with Crippen molar-refractivity contribution in [2.45, 2.75) is 12.8 Å². The molecule has 3 aromatic rings. The third-order valence-corrected chi connectivity index (χ3v) is 4.98. The van der Waals surface area contributed by atoms with E-state index in [1.165, 1.54) is 0 Å². The van der Waals surface area contributed by atoms with Crippen molar-refractivity contribution >= 4 is 17.2 Å². The molecule has 0 fully saturated rings. The zero-order chi connectivity index (χ0) is 16.4. The molecule has 0 saturated carbocycles. The molecule has 6 heteroatoms. The van der Waals surface area contributed by atoms with Gasteiger partial charge in [-0.15, -0.1) is 0 Å². The molecule has 4 heterocycles. The van der Waals surface area contributed by atoms with E-state index in [9.17, 15) is 4.79 Å². The summed E-state index contributed by atoms with van der Waals surface area (Å²) in [6.45, 7) is 1.38. The highest BCUT2D eigenvalue weighted by Crippen LogP contribution is 2.25. The normalized spacial score (nSPS) is 14.1. The summed E-state index contributed by atoms with van der Waals surface area (Å²) in [4.78, 5) is 27.5. The van der Waals surface area contributed by atoms with Crippen molar-refractivity contribution in [2.24, 2.45) is 0 Å². The molecule has 0 aromatic carbocycles. The molecule has 1 aliphatic rings. The van der Waals surface area contributed by atoms with Crippen LogP contribution >= 0.6 is 11.3 Å². The molecule has 0 atom stereocenters. The van der Waals surface area contributed by atoms with Crippen LogP contribution in [0.5, 0.6) is 0 Å². The van der Waals surface area contributed by atoms with E-state index in [1.54, 1.807) is 30.1 Å². The minimum absolute atomic E-state index is 0.0995. The molecular weight excluding hydrogens is 320 g/mol. The Morgan fingerprint density at radius 1 is 1.08 bits per heavy atom. The monoisotopic (exact) mass is 336 g/mol. The highest BCUT2D eigenvalue weighted by Gasteiger charge is 2.23. The summed E-state index contributed by atoms with van der Waals surface area (Å²) in [6.07, 6.45) is 6.68. The molecule has 3 aromatic heterocycles. The molecule has 24 heavy (non-hydrogen) atoms. The van der Waals surface area contributed by atoms with E-state index >= 15 is 0 Å². The maximum atomic E-state index is 12.6. The fourth-order valence-electron chi connectivity index (χ4n) is 3.06. The van der Waals surface area contributed by atoms with Gasteiger partial charge in [-0.2, -0.15) is 11.3 Å². The molecule has 0 bridgehead atoms. The van der Waals surface area contributed by atoms with Crippen LogP contribution < -0.4 is 0 Å². The molecule has 120 valence electrons. The van der Waals surface area contributed by atoms with Gasteiger partial charge in [0.1, 0.15) is 6.33 Å². The largest absolute Gasteiger partial charge is 0.338 e. The fraction of sp³-hybridized carbons (Fsp3) is 0.222. The Labute approximate surface area is 144 Å². The second-order valence-electron chi connectivity index (χ2n) is 5.69. The maximum Gasteiger partial charge on any atom is 0.254 e. The van der Waals surface area contributed by atoms with Gasteiger partial charge in [-0.1, -0.05) is 0 Å². The first-order valence-electron chi connectivity index (χ1n) is 7.87. The van der Waals surface area contributed by atoms with Gasteiger partial charge in [0.25, 0.3) is 5.91 Å². The lowest BCUT2D eigenvalue weighted by Gasteiger charge is -2.19. The number of pyridine rings is 1. The average molecular weight is 336 g/mol. The summed E-state index contributed by atoms with van der Waals surface area (Å²) in [5, 5.41) is 3.84. The number of hydrogen-bond donors (Lipinski definition) is 0. The van der Waals surface area contributed by atoms with Crippen molar-refractivity contribution in [1.29, 1.82) is 0 Å². The Kier molecular flexibility index (Phi) is 4.04. The quantitative estimate of drug-likeness (QED) is 0.722. The van der Waals surface area contributed by atoms with Crippen LogP contribution in [0.1, 0.15) is 21.6 Å². The molecule has 4 rings (SSSR count). The van der Waals surface area contributed by atoms with Gasteiger partial charge in [0.05, 0.1) is 11.3 Å². The van der Waals surface area contributed by atoms with Crippen molar-refractivity contribution < 1.29 is 4.79 Å². The SMILES string of the molecule is O=C(c1ccsc1)N1CCc2ncnc(-c3ccncc3)c2CC1. The molecule has 0 spiro atoms. The predicted octanol–water partition coefficient (Wildman–Crippen LogP) is 2.84. The zero-order valence-electron chi connectivity index (χ0n) is 13.1. The lowest BCUT2D eigenvalue weighted by atomic mass is 10.0. The molecule has 0 aliphatic carbocycles. The first kappa shape index (κ1) is 15.0. The van der Waals surface area contributed by atoms with E-state index in [0.717, 1.165) is 40.9 Å². The summed E-state index contributed by atoms with van der Waals surface area (Å²) >= 11 is 1.55. The number of hydrogen-bond acceptors (Lipinski definition) is 5. The van der Waals surface area contributed by atoms with Gasteiger partial charge in [-0.05, 0) is 30.0 Å². The summed E-state index contributed by atoms with van der Waals surface area (Å²) < 4.78 is 0. The van der Waals surface area contributed by atoms with Gasteiger partial charge in [0.2, 0.25) is 0 Å². The number of aromatic nitrogens is 3. The minimum Gasteiger partial charge on any atom is -0.338 e. The maximum absolute atomic E-state index is 12.6. The second-order valence-corrected chi connectivity index (χ2v) is 6.47. The molecule has 5 nitrogen and oxygen atoms in total. The Morgan fingerprint density at radius 3 is 2.71 bits per heavy atom. The van der Waals surface area contributed by atoms with Crippen LogP contribution in [-0.4, -0.2) is 38.8 Å². The Hall–Kier alpha value is -2.60. The van der Waals surface area contributed by atoms with Crippen LogP contribution in [-0.2, 0) is 12.8 Å². The summed E-state index contributed by atoms with van der Waals surface area (Å²) in [5.74, 6) is 0.0995. The van der Waals surface area contributed by atoms with Crippen LogP contribution in [0.15, 0.2) is 47.7 Å². The molecule has 0 unspecified atom stereocenters. The summed E-state index contributed by atoms with van der Waals surface area (Å²) in [5.41, 5.74) is 4.95. The van der Waals surface area contributed by atoms with Crippen LogP contribution in [0, 0.1) is 0 Å². The van der Waals surface area contributed by atoms with E-state index in [0.29, 0.717) is 13.1 Å². The number of thiophene rings is 1. The number of carbonyl (C=O) groups excluding carboxylic acids is 1. The van der Waals surface area contributed by atoms with Gasteiger partial charge in [-0.25, -0.2) is 9.97 Å².